The molecule has 0 atom stereocenters. The number of nitrogens with two attached hydrogens (primary N) is 1. The number of aromatic nitrogens is 1. The van der Waals surface area contributed by atoms with Crippen molar-refractivity contribution in [2.45, 2.75) is 45.1 Å². The molecule has 3 N–H and O–H groups in total. The monoisotopic (exact) mass is 442 g/mol. The fourth-order valence-corrected chi connectivity index (χ4v) is 3.08. The van der Waals surface area contributed by atoms with Crippen LogP contribution in [0.15, 0.2) is 34.6 Å². The van der Waals surface area contributed by atoms with Crippen molar-refractivity contribution in [1.29, 1.82) is 0 Å². The minimum absolute atomic E-state index is 0. The second kappa shape index (κ2) is 8.10. The lowest BCUT2D eigenvalue weighted by atomic mass is 10.0. The molecular weight excluding hydrogens is 419 g/mol. The van der Waals surface area contributed by atoms with E-state index in [1.165, 1.54) is 24.1 Å². The molecule has 1 heterocycles. The van der Waals surface area contributed by atoms with E-state index in [1.807, 2.05) is 12.1 Å². The summed E-state index contributed by atoms with van der Waals surface area (Å²) >= 11 is 1.67. The van der Waals surface area contributed by atoms with Crippen molar-refractivity contribution >= 4 is 47.0 Å². The first kappa shape index (κ1) is 18.2. The van der Waals surface area contributed by atoms with Crippen LogP contribution in [0.4, 0.5) is 5.69 Å². The Morgan fingerprint density at radius 3 is 2.91 bits per heavy atom. The van der Waals surface area contributed by atoms with Gasteiger partial charge in [0.25, 0.3) is 0 Å². The zero-order valence-electron chi connectivity index (χ0n) is 13.5. The van der Waals surface area contributed by atoms with E-state index in [0.29, 0.717) is 24.3 Å². The number of nitrogens with zero attached hydrogens (tertiary/aromatic N) is 2. The van der Waals surface area contributed by atoms with E-state index in [4.69, 9.17) is 5.73 Å². The van der Waals surface area contributed by atoms with Gasteiger partial charge in [-0.3, -0.25) is 0 Å². The highest BCUT2D eigenvalue weighted by molar-refractivity contribution is 14.0. The fraction of sp³-hybridized carbons (Fsp3) is 0.412. The van der Waals surface area contributed by atoms with Crippen molar-refractivity contribution in [2.75, 3.05) is 5.32 Å². The summed E-state index contributed by atoms with van der Waals surface area (Å²) in [6, 6.07) is 8.27. The van der Waals surface area contributed by atoms with Gasteiger partial charge in [-0.15, -0.1) is 35.3 Å². The maximum absolute atomic E-state index is 5.97. The lowest BCUT2D eigenvalue weighted by Crippen LogP contribution is -2.22. The number of rotatable bonds is 5. The van der Waals surface area contributed by atoms with Crippen LogP contribution in [0, 0.1) is 0 Å². The molecule has 1 aromatic carbocycles. The van der Waals surface area contributed by atoms with Crippen LogP contribution in [0.2, 0.25) is 0 Å². The fourth-order valence-electron chi connectivity index (χ4n) is 2.28. The number of halogens is 1. The van der Waals surface area contributed by atoms with Crippen molar-refractivity contribution in [2.24, 2.45) is 10.7 Å². The van der Waals surface area contributed by atoms with Crippen molar-refractivity contribution in [1.82, 2.24) is 4.98 Å². The molecule has 1 aromatic heterocycles. The molecule has 0 bridgehead atoms. The Labute approximate surface area is 158 Å². The summed E-state index contributed by atoms with van der Waals surface area (Å²) in [5.41, 5.74) is 9.46. The summed E-state index contributed by atoms with van der Waals surface area (Å²) in [4.78, 5) is 9.01. The SMILES string of the molecule is CC(C)c1cccc(NC(N)=NCc2nc(C3CC3)cs2)c1.I. The predicted octanol–water partition coefficient (Wildman–Crippen LogP) is 4.69. The Kier molecular flexibility index (Phi) is 6.41. The molecule has 0 amide bonds. The number of thiazole rings is 1. The normalized spacial score (nSPS) is 14.7. The molecule has 1 aliphatic rings. The third kappa shape index (κ3) is 5.17. The molecule has 0 radical (unpaired) electrons. The van der Waals surface area contributed by atoms with Crippen LogP contribution in [0.25, 0.3) is 0 Å². The summed E-state index contributed by atoms with van der Waals surface area (Å²) in [6.07, 6.45) is 2.56. The lowest BCUT2D eigenvalue weighted by Gasteiger charge is -2.09. The summed E-state index contributed by atoms with van der Waals surface area (Å²) in [7, 11) is 0. The van der Waals surface area contributed by atoms with Crippen molar-refractivity contribution < 1.29 is 0 Å². The molecule has 124 valence electrons. The van der Waals surface area contributed by atoms with Crippen LogP contribution >= 0.6 is 35.3 Å². The number of hydrogen-bond acceptors (Lipinski definition) is 3. The molecule has 0 aliphatic heterocycles. The maximum atomic E-state index is 5.97. The average molecular weight is 442 g/mol. The Morgan fingerprint density at radius 2 is 2.22 bits per heavy atom. The summed E-state index contributed by atoms with van der Waals surface area (Å²) in [5, 5.41) is 6.34. The molecule has 0 unspecified atom stereocenters. The highest BCUT2D eigenvalue weighted by Gasteiger charge is 2.25. The summed E-state index contributed by atoms with van der Waals surface area (Å²) in [5.74, 6) is 1.63. The maximum Gasteiger partial charge on any atom is 0.193 e. The third-order valence-corrected chi connectivity index (χ3v) is 4.63. The van der Waals surface area contributed by atoms with Gasteiger partial charge in [0.1, 0.15) is 5.01 Å². The summed E-state index contributed by atoms with van der Waals surface area (Å²) in [6.45, 7) is 4.90. The van der Waals surface area contributed by atoms with Crippen LogP contribution in [-0.2, 0) is 6.54 Å². The van der Waals surface area contributed by atoms with E-state index >= 15 is 0 Å². The van der Waals surface area contributed by atoms with Gasteiger partial charge in [0.2, 0.25) is 0 Å². The van der Waals surface area contributed by atoms with E-state index in [-0.39, 0.29) is 24.0 Å². The van der Waals surface area contributed by atoms with Gasteiger partial charge in [0.05, 0.1) is 12.2 Å². The highest BCUT2D eigenvalue weighted by Crippen LogP contribution is 2.40. The molecule has 23 heavy (non-hydrogen) atoms. The van der Waals surface area contributed by atoms with Crippen LogP contribution in [0.1, 0.15) is 54.8 Å². The van der Waals surface area contributed by atoms with Crippen molar-refractivity contribution in [3.05, 3.63) is 45.9 Å². The molecular formula is C17H23IN4S. The van der Waals surface area contributed by atoms with Crippen molar-refractivity contribution in [3.63, 3.8) is 0 Å². The van der Waals surface area contributed by atoms with E-state index in [1.54, 1.807) is 11.3 Å². The smallest absolute Gasteiger partial charge is 0.193 e. The number of nitrogens with one attached hydrogen (secondary N) is 1. The van der Waals surface area contributed by atoms with Crippen LogP contribution < -0.4 is 11.1 Å². The third-order valence-electron chi connectivity index (χ3n) is 3.78. The molecule has 2 aromatic rings. The topological polar surface area (TPSA) is 63.3 Å². The Hall–Kier alpha value is -1.15. The highest BCUT2D eigenvalue weighted by atomic mass is 127. The number of guanidine groups is 1. The number of benzene rings is 1. The second-order valence-corrected chi connectivity index (χ2v) is 6.99. The van der Waals surface area contributed by atoms with Crippen LogP contribution in [-0.4, -0.2) is 10.9 Å². The largest absolute Gasteiger partial charge is 0.370 e. The van der Waals surface area contributed by atoms with Gasteiger partial charge in [0.15, 0.2) is 5.96 Å². The molecule has 6 heteroatoms. The first-order chi connectivity index (χ1) is 10.6. The molecule has 0 spiro atoms. The summed E-state index contributed by atoms with van der Waals surface area (Å²) < 4.78 is 0. The second-order valence-electron chi connectivity index (χ2n) is 6.05. The van der Waals surface area contributed by atoms with E-state index in [9.17, 15) is 0 Å². The Morgan fingerprint density at radius 1 is 1.43 bits per heavy atom. The average Bonchev–Trinajstić information content (AvgIpc) is 3.24. The van der Waals surface area contributed by atoms with Crippen molar-refractivity contribution in [3.8, 4) is 0 Å². The van der Waals surface area contributed by atoms with Gasteiger partial charge in [-0.05, 0) is 36.5 Å². The lowest BCUT2D eigenvalue weighted by molar-refractivity contribution is 0.867. The van der Waals surface area contributed by atoms with Gasteiger partial charge in [-0.25, -0.2) is 9.98 Å². The molecule has 1 saturated carbocycles. The van der Waals surface area contributed by atoms with E-state index < -0.39 is 0 Å². The van der Waals surface area contributed by atoms with Gasteiger partial charge < -0.3 is 11.1 Å². The van der Waals surface area contributed by atoms with E-state index in [2.05, 4.69) is 46.7 Å². The minimum Gasteiger partial charge on any atom is -0.370 e. The van der Waals surface area contributed by atoms with Gasteiger partial charge in [-0.1, -0.05) is 26.0 Å². The standard InChI is InChI=1S/C17H22N4S.HI/c1-11(2)13-4-3-5-14(8-13)20-17(18)19-9-16-21-15(10-22-16)12-6-7-12;/h3-5,8,10-12H,6-7,9H2,1-2H3,(H3,18,19,20);1H. The van der Waals surface area contributed by atoms with Crippen LogP contribution in [0.3, 0.4) is 0 Å². The van der Waals surface area contributed by atoms with Gasteiger partial charge in [-0.2, -0.15) is 0 Å². The molecule has 3 rings (SSSR count). The molecule has 1 fully saturated rings. The quantitative estimate of drug-likeness (QED) is 0.401. The molecule has 1 aliphatic carbocycles. The minimum atomic E-state index is 0. The predicted molar refractivity (Wildman–Crippen MR) is 109 cm³/mol. The molecule has 4 nitrogen and oxygen atoms in total. The first-order valence-corrected chi connectivity index (χ1v) is 8.61. The van der Waals surface area contributed by atoms with Gasteiger partial charge in [0, 0.05) is 17.0 Å². The van der Waals surface area contributed by atoms with E-state index in [0.717, 1.165) is 10.7 Å². The zero-order chi connectivity index (χ0) is 15.5. The Bertz CT molecular complexity index is 677. The Balaban J connectivity index is 0.00000192. The number of anilines is 1. The number of aliphatic imine (C=N–C) groups is 1. The zero-order valence-corrected chi connectivity index (χ0v) is 16.6. The first-order valence-electron chi connectivity index (χ1n) is 7.73. The molecule has 0 saturated heterocycles. The van der Waals surface area contributed by atoms with Crippen LogP contribution in [0.5, 0.6) is 0 Å². The number of hydrogen-bond donors (Lipinski definition) is 2. The van der Waals surface area contributed by atoms with Gasteiger partial charge >= 0.3 is 0 Å².